The fraction of sp³-hybridized carbons (Fsp3) is 0.381. The third kappa shape index (κ3) is 3.07. The van der Waals surface area contributed by atoms with Crippen molar-refractivity contribution in [3.05, 3.63) is 59.9 Å². The number of amides is 1. The Morgan fingerprint density at radius 1 is 0.960 bits per heavy atom. The molecule has 2 aromatic rings. The van der Waals surface area contributed by atoms with E-state index in [0.29, 0.717) is 12.1 Å². The third-order valence-electron chi connectivity index (χ3n) is 5.57. The molecule has 0 aliphatic carbocycles. The molecule has 2 fully saturated rings. The zero-order chi connectivity index (χ0) is 17.4. The van der Waals surface area contributed by atoms with Crippen molar-refractivity contribution in [2.75, 3.05) is 7.11 Å². The standard InChI is InChI=1S/C21H22FNO2/c1-25-20-12-18-10-11-19(13-20)23(18)21(24)16-4-2-14(3-5-16)15-6-8-17(22)9-7-15/h2-9,18-20H,10-13H2,1H3. The third-order valence-corrected chi connectivity index (χ3v) is 5.57. The van der Waals surface area contributed by atoms with Crippen LogP contribution in [0.5, 0.6) is 0 Å². The van der Waals surface area contributed by atoms with Gasteiger partial charge in [-0.25, -0.2) is 4.39 Å². The van der Waals surface area contributed by atoms with Crippen LogP contribution in [0.25, 0.3) is 11.1 Å². The second-order valence-corrected chi connectivity index (χ2v) is 7.01. The van der Waals surface area contributed by atoms with Crippen LogP contribution in [0.1, 0.15) is 36.0 Å². The molecule has 2 aliphatic heterocycles. The second kappa shape index (κ2) is 6.60. The topological polar surface area (TPSA) is 29.5 Å². The van der Waals surface area contributed by atoms with E-state index >= 15 is 0 Å². The molecule has 3 nitrogen and oxygen atoms in total. The fourth-order valence-electron chi connectivity index (χ4n) is 4.25. The van der Waals surface area contributed by atoms with Gasteiger partial charge in [0.05, 0.1) is 6.10 Å². The SMILES string of the molecule is COC1CC2CCC(C1)N2C(=O)c1ccc(-c2ccc(F)cc2)cc1. The molecular weight excluding hydrogens is 317 g/mol. The number of carbonyl (C=O) groups is 1. The van der Waals surface area contributed by atoms with Gasteiger partial charge < -0.3 is 9.64 Å². The lowest BCUT2D eigenvalue weighted by Crippen LogP contribution is -2.48. The van der Waals surface area contributed by atoms with E-state index in [1.54, 1.807) is 19.2 Å². The normalized spacial score (nSPS) is 25.2. The average molecular weight is 339 g/mol. The van der Waals surface area contributed by atoms with Crippen LogP contribution in [0.3, 0.4) is 0 Å². The molecule has 4 rings (SSSR count). The van der Waals surface area contributed by atoms with Crippen LogP contribution >= 0.6 is 0 Å². The molecule has 0 spiro atoms. The first-order chi connectivity index (χ1) is 12.2. The molecule has 0 radical (unpaired) electrons. The number of piperidine rings is 1. The summed E-state index contributed by atoms with van der Waals surface area (Å²) < 4.78 is 18.6. The number of fused-ring (bicyclic) bond motifs is 2. The molecule has 0 saturated carbocycles. The zero-order valence-electron chi connectivity index (χ0n) is 14.3. The highest BCUT2D eigenvalue weighted by Gasteiger charge is 2.43. The highest BCUT2D eigenvalue weighted by Crippen LogP contribution is 2.37. The molecule has 25 heavy (non-hydrogen) atoms. The Morgan fingerprint density at radius 3 is 2.00 bits per heavy atom. The summed E-state index contributed by atoms with van der Waals surface area (Å²) in [5, 5.41) is 0. The summed E-state index contributed by atoms with van der Waals surface area (Å²) in [6.07, 6.45) is 4.30. The van der Waals surface area contributed by atoms with Crippen LogP contribution in [0, 0.1) is 5.82 Å². The predicted molar refractivity (Wildman–Crippen MR) is 94.8 cm³/mol. The Labute approximate surface area is 147 Å². The van der Waals surface area contributed by atoms with Gasteiger partial charge in [-0.05, 0) is 61.1 Å². The summed E-state index contributed by atoms with van der Waals surface area (Å²) in [7, 11) is 1.76. The maximum Gasteiger partial charge on any atom is 0.254 e. The largest absolute Gasteiger partial charge is 0.381 e. The van der Waals surface area contributed by atoms with Gasteiger partial charge in [-0.3, -0.25) is 4.79 Å². The minimum Gasteiger partial charge on any atom is -0.381 e. The maximum absolute atomic E-state index is 13.1. The highest BCUT2D eigenvalue weighted by molar-refractivity contribution is 5.95. The zero-order valence-corrected chi connectivity index (χ0v) is 14.3. The first kappa shape index (κ1) is 16.3. The van der Waals surface area contributed by atoms with E-state index in [0.717, 1.165) is 42.4 Å². The van der Waals surface area contributed by atoms with Crippen LogP contribution in [0.15, 0.2) is 48.5 Å². The van der Waals surface area contributed by atoms with Crippen molar-refractivity contribution in [1.82, 2.24) is 4.90 Å². The number of methoxy groups -OCH3 is 1. The maximum atomic E-state index is 13.1. The minimum absolute atomic E-state index is 0.118. The quantitative estimate of drug-likeness (QED) is 0.835. The molecule has 2 aliphatic rings. The molecule has 1 amide bonds. The molecule has 0 N–H and O–H groups in total. The van der Waals surface area contributed by atoms with E-state index in [1.165, 1.54) is 12.1 Å². The molecule has 4 heteroatoms. The number of nitrogens with zero attached hydrogens (tertiary/aromatic N) is 1. The Bertz CT molecular complexity index is 742. The van der Waals surface area contributed by atoms with Crippen LogP contribution in [0.2, 0.25) is 0 Å². The number of carbonyl (C=O) groups excluding carboxylic acids is 1. The number of benzene rings is 2. The lowest BCUT2D eigenvalue weighted by atomic mass is 9.98. The van der Waals surface area contributed by atoms with Gasteiger partial charge in [0.15, 0.2) is 0 Å². The average Bonchev–Trinajstić information content (AvgIpc) is 2.91. The monoisotopic (exact) mass is 339 g/mol. The van der Waals surface area contributed by atoms with Gasteiger partial charge in [-0.15, -0.1) is 0 Å². The summed E-state index contributed by atoms with van der Waals surface area (Å²) >= 11 is 0. The molecule has 2 heterocycles. The lowest BCUT2D eigenvalue weighted by molar-refractivity contribution is 0.00822. The molecule has 2 unspecified atom stereocenters. The van der Waals surface area contributed by atoms with Crippen molar-refractivity contribution in [2.24, 2.45) is 0 Å². The van der Waals surface area contributed by atoms with Gasteiger partial charge >= 0.3 is 0 Å². The number of ether oxygens (including phenoxy) is 1. The van der Waals surface area contributed by atoms with Crippen LogP contribution < -0.4 is 0 Å². The van der Waals surface area contributed by atoms with Gasteiger partial charge in [0.2, 0.25) is 0 Å². The van der Waals surface area contributed by atoms with Crippen LogP contribution in [0.4, 0.5) is 4.39 Å². The fourth-order valence-corrected chi connectivity index (χ4v) is 4.25. The first-order valence-corrected chi connectivity index (χ1v) is 8.87. The number of rotatable bonds is 3. The van der Waals surface area contributed by atoms with E-state index in [-0.39, 0.29) is 17.8 Å². The lowest BCUT2D eigenvalue weighted by Gasteiger charge is -2.38. The van der Waals surface area contributed by atoms with E-state index < -0.39 is 0 Å². The first-order valence-electron chi connectivity index (χ1n) is 8.87. The predicted octanol–water partition coefficient (Wildman–Crippen LogP) is 4.27. The summed E-state index contributed by atoms with van der Waals surface area (Å²) in [4.78, 5) is 15.1. The van der Waals surface area contributed by atoms with Crippen molar-refractivity contribution in [3.63, 3.8) is 0 Å². The Hall–Kier alpha value is -2.20. The Morgan fingerprint density at radius 2 is 1.48 bits per heavy atom. The molecule has 2 aromatic carbocycles. The van der Waals surface area contributed by atoms with Crippen molar-refractivity contribution in [3.8, 4) is 11.1 Å². The minimum atomic E-state index is -0.245. The van der Waals surface area contributed by atoms with Crippen molar-refractivity contribution < 1.29 is 13.9 Å². The molecule has 2 atom stereocenters. The number of halogens is 1. The van der Waals surface area contributed by atoms with Crippen LogP contribution in [-0.4, -0.2) is 36.1 Å². The van der Waals surface area contributed by atoms with Gasteiger partial charge in [0.25, 0.3) is 5.91 Å². The molecule has 2 bridgehead atoms. The van der Waals surface area contributed by atoms with E-state index in [1.807, 2.05) is 24.3 Å². The molecule has 2 saturated heterocycles. The van der Waals surface area contributed by atoms with Crippen LogP contribution in [-0.2, 0) is 4.74 Å². The van der Waals surface area contributed by atoms with Crippen molar-refractivity contribution >= 4 is 5.91 Å². The Kier molecular flexibility index (Phi) is 4.30. The van der Waals surface area contributed by atoms with Crippen molar-refractivity contribution in [2.45, 2.75) is 43.9 Å². The van der Waals surface area contributed by atoms with E-state index in [9.17, 15) is 9.18 Å². The second-order valence-electron chi connectivity index (χ2n) is 7.01. The highest BCUT2D eigenvalue weighted by atomic mass is 19.1. The van der Waals surface area contributed by atoms with E-state index in [2.05, 4.69) is 4.90 Å². The van der Waals surface area contributed by atoms with Gasteiger partial charge in [-0.1, -0.05) is 24.3 Å². The summed E-state index contributed by atoms with van der Waals surface area (Å²) in [5.41, 5.74) is 2.65. The Balaban J connectivity index is 1.52. The summed E-state index contributed by atoms with van der Waals surface area (Å²) in [6.45, 7) is 0. The summed E-state index contributed by atoms with van der Waals surface area (Å²) in [5.74, 6) is -0.127. The van der Waals surface area contributed by atoms with Gasteiger partial charge in [0, 0.05) is 24.8 Å². The number of hydrogen-bond acceptors (Lipinski definition) is 2. The smallest absolute Gasteiger partial charge is 0.254 e. The van der Waals surface area contributed by atoms with E-state index in [4.69, 9.17) is 4.74 Å². The molecule has 0 aromatic heterocycles. The van der Waals surface area contributed by atoms with Gasteiger partial charge in [0.1, 0.15) is 5.82 Å². The molecular formula is C21H22FNO2. The van der Waals surface area contributed by atoms with Crippen molar-refractivity contribution in [1.29, 1.82) is 0 Å². The molecule has 130 valence electrons. The summed E-state index contributed by atoms with van der Waals surface area (Å²) in [6, 6.07) is 14.6. The van der Waals surface area contributed by atoms with Gasteiger partial charge in [-0.2, -0.15) is 0 Å². The number of hydrogen-bond donors (Lipinski definition) is 0.